The topological polar surface area (TPSA) is 43.4 Å². The molecule has 0 amide bonds. The monoisotopic (exact) mass is 246 g/mol. The average molecular weight is 246 g/mol. The van der Waals surface area contributed by atoms with E-state index in [4.69, 9.17) is 4.74 Å². The Hall–Kier alpha value is -1.64. The van der Waals surface area contributed by atoms with Crippen LogP contribution in [0.1, 0.15) is 41.3 Å². The van der Waals surface area contributed by atoms with Crippen molar-refractivity contribution in [2.24, 2.45) is 5.92 Å². The summed E-state index contributed by atoms with van der Waals surface area (Å²) in [7, 11) is 0. The van der Waals surface area contributed by atoms with Crippen LogP contribution in [0, 0.1) is 5.92 Å². The first-order valence-corrected chi connectivity index (χ1v) is 6.47. The van der Waals surface area contributed by atoms with Gasteiger partial charge in [0.25, 0.3) is 0 Å². The largest absolute Gasteiger partial charge is 0.462 e. The van der Waals surface area contributed by atoms with Gasteiger partial charge in [0.05, 0.1) is 12.2 Å². The highest BCUT2D eigenvalue weighted by Gasteiger charge is 2.22. The predicted molar refractivity (Wildman–Crippen MR) is 68.6 cm³/mol. The van der Waals surface area contributed by atoms with E-state index in [1.165, 1.54) is 11.1 Å². The van der Waals surface area contributed by atoms with E-state index in [2.05, 4.69) is 0 Å². The van der Waals surface area contributed by atoms with Crippen LogP contribution >= 0.6 is 0 Å². The number of hydrogen-bond acceptors (Lipinski definition) is 3. The van der Waals surface area contributed by atoms with E-state index in [-0.39, 0.29) is 5.97 Å². The normalized spacial score (nSPS) is 17.3. The summed E-state index contributed by atoms with van der Waals surface area (Å²) in [6.07, 6.45) is 4.53. The summed E-state index contributed by atoms with van der Waals surface area (Å²) >= 11 is 0. The highest BCUT2D eigenvalue weighted by Crippen LogP contribution is 2.30. The minimum absolute atomic E-state index is 0.253. The van der Waals surface area contributed by atoms with Gasteiger partial charge in [-0.3, -0.25) is 0 Å². The number of carbonyl (C=O) groups is 2. The molecular formula is C15H18O3. The fourth-order valence-corrected chi connectivity index (χ4v) is 2.56. The zero-order valence-electron chi connectivity index (χ0n) is 10.6. The van der Waals surface area contributed by atoms with Crippen LogP contribution in [0.5, 0.6) is 0 Å². The van der Waals surface area contributed by atoms with Gasteiger partial charge in [-0.2, -0.15) is 0 Å². The number of carbonyl (C=O) groups excluding carboxylic acids is 2. The fraction of sp³-hybridized carbons (Fsp3) is 0.467. The van der Waals surface area contributed by atoms with E-state index in [1.54, 1.807) is 6.92 Å². The molecule has 0 spiro atoms. The molecule has 1 aliphatic carbocycles. The zero-order valence-corrected chi connectivity index (χ0v) is 10.6. The first kappa shape index (κ1) is 12.8. The molecule has 0 aromatic heterocycles. The number of benzene rings is 1. The van der Waals surface area contributed by atoms with Gasteiger partial charge in [0.1, 0.15) is 6.29 Å². The number of fused-ring (bicyclic) bond motifs is 1. The number of rotatable bonds is 5. The first-order chi connectivity index (χ1) is 8.74. The lowest BCUT2D eigenvalue weighted by Gasteiger charge is -2.04. The van der Waals surface area contributed by atoms with Crippen LogP contribution in [0.3, 0.4) is 0 Å². The summed E-state index contributed by atoms with van der Waals surface area (Å²) in [6.45, 7) is 2.21. The summed E-state index contributed by atoms with van der Waals surface area (Å²) in [6, 6.07) is 5.79. The maximum atomic E-state index is 11.6. The maximum absolute atomic E-state index is 11.6. The molecule has 1 unspecified atom stereocenters. The number of aldehydes is 1. The van der Waals surface area contributed by atoms with Crippen molar-refractivity contribution in [2.75, 3.05) is 6.61 Å². The lowest BCUT2D eigenvalue weighted by Crippen LogP contribution is -2.05. The summed E-state index contributed by atoms with van der Waals surface area (Å²) in [4.78, 5) is 22.0. The van der Waals surface area contributed by atoms with Gasteiger partial charge in [0.2, 0.25) is 0 Å². The van der Waals surface area contributed by atoms with Crippen molar-refractivity contribution < 1.29 is 14.3 Å². The van der Waals surface area contributed by atoms with Crippen molar-refractivity contribution in [1.29, 1.82) is 0 Å². The van der Waals surface area contributed by atoms with Gasteiger partial charge < -0.3 is 9.53 Å². The summed E-state index contributed by atoms with van der Waals surface area (Å²) in [5.41, 5.74) is 3.17. The van der Waals surface area contributed by atoms with Gasteiger partial charge in [-0.15, -0.1) is 0 Å². The lowest BCUT2D eigenvalue weighted by molar-refractivity contribution is -0.108. The Morgan fingerprint density at radius 3 is 2.89 bits per heavy atom. The quantitative estimate of drug-likeness (QED) is 0.592. The van der Waals surface area contributed by atoms with Gasteiger partial charge in [-0.05, 0) is 55.4 Å². The molecule has 2 rings (SSSR count). The number of ether oxygens (including phenoxy) is 1. The highest BCUT2D eigenvalue weighted by atomic mass is 16.5. The molecule has 96 valence electrons. The molecule has 0 N–H and O–H groups in total. The van der Waals surface area contributed by atoms with Crippen molar-refractivity contribution in [2.45, 2.75) is 32.6 Å². The molecule has 3 heteroatoms. The predicted octanol–water partition coefficient (Wildman–Crippen LogP) is 2.56. The standard InChI is InChI=1S/C15H18O3/c1-2-18-15(17)13-6-5-12-8-11(4-3-7-16)9-14(12)10-13/h5-7,10-11H,2-4,8-9H2,1H3. The molecule has 1 aromatic rings. The van der Waals surface area contributed by atoms with Crippen molar-refractivity contribution in [3.63, 3.8) is 0 Å². The summed E-state index contributed by atoms with van der Waals surface area (Å²) in [5, 5.41) is 0. The molecule has 0 saturated carbocycles. The molecule has 18 heavy (non-hydrogen) atoms. The maximum Gasteiger partial charge on any atom is 0.338 e. The third kappa shape index (κ3) is 2.78. The van der Waals surface area contributed by atoms with Crippen molar-refractivity contribution in [3.05, 3.63) is 34.9 Å². The molecule has 1 aromatic carbocycles. The Balaban J connectivity index is 2.07. The minimum atomic E-state index is -0.253. The third-order valence-corrected chi connectivity index (χ3v) is 3.43. The third-order valence-electron chi connectivity index (χ3n) is 3.43. The van der Waals surface area contributed by atoms with E-state index < -0.39 is 0 Å². The SMILES string of the molecule is CCOC(=O)c1ccc2c(c1)CC(CCC=O)C2. The summed E-state index contributed by atoms with van der Waals surface area (Å²) < 4.78 is 4.99. The second-order valence-corrected chi connectivity index (χ2v) is 4.72. The Bertz CT molecular complexity index is 451. The van der Waals surface area contributed by atoms with E-state index in [1.807, 2.05) is 18.2 Å². The van der Waals surface area contributed by atoms with Crippen LogP contribution in [0.15, 0.2) is 18.2 Å². The van der Waals surface area contributed by atoms with Crippen LogP contribution < -0.4 is 0 Å². The van der Waals surface area contributed by atoms with E-state index in [0.717, 1.165) is 25.5 Å². The van der Waals surface area contributed by atoms with Gasteiger partial charge in [0.15, 0.2) is 0 Å². The van der Waals surface area contributed by atoms with Crippen LogP contribution in [0.4, 0.5) is 0 Å². The molecule has 0 bridgehead atoms. The van der Waals surface area contributed by atoms with Gasteiger partial charge in [-0.25, -0.2) is 4.79 Å². The van der Waals surface area contributed by atoms with Gasteiger partial charge in [0, 0.05) is 6.42 Å². The molecule has 0 radical (unpaired) electrons. The van der Waals surface area contributed by atoms with Crippen LogP contribution in [0.2, 0.25) is 0 Å². The molecule has 0 fully saturated rings. The molecule has 0 heterocycles. The van der Waals surface area contributed by atoms with Crippen LogP contribution in [-0.4, -0.2) is 18.9 Å². The molecule has 0 saturated heterocycles. The molecular weight excluding hydrogens is 228 g/mol. The van der Waals surface area contributed by atoms with Crippen molar-refractivity contribution in [3.8, 4) is 0 Å². The Morgan fingerprint density at radius 1 is 1.39 bits per heavy atom. The van der Waals surface area contributed by atoms with E-state index in [9.17, 15) is 9.59 Å². The van der Waals surface area contributed by atoms with Crippen molar-refractivity contribution in [1.82, 2.24) is 0 Å². The average Bonchev–Trinajstić information content (AvgIpc) is 2.78. The first-order valence-electron chi connectivity index (χ1n) is 6.47. The number of esters is 1. The Kier molecular flexibility index (Phi) is 4.13. The van der Waals surface area contributed by atoms with Gasteiger partial charge in [-0.1, -0.05) is 6.07 Å². The molecule has 1 atom stereocenters. The molecule has 1 aliphatic rings. The zero-order chi connectivity index (χ0) is 13.0. The highest BCUT2D eigenvalue weighted by molar-refractivity contribution is 5.89. The lowest BCUT2D eigenvalue weighted by atomic mass is 10.0. The second-order valence-electron chi connectivity index (χ2n) is 4.72. The van der Waals surface area contributed by atoms with E-state index in [0.29, 0.717) is 24.5 Å². The number of hydrogen-bond donors (Lipinski definition) is 0. The summed E-state index contributed by atoms with van der Waals surface area (Å²) in [5.74, 6) is 0.291. The molecule has 0 aliphatic heterocycles. The second kappa shape index (κ2) is 5.80. The smallest absolute Gasteiger partial charge is 0.338 e. The minimum Gasteiger partial charge on any atom is -0.462 e. The van der Waals surface area contributed by atoms with Gasteiger partial charge >= 0.3 is 5.97 Å². The van der Waals surface area contributed by atoms with E-state index >= 15 is 0 Å². The fourth-order valence-electron chi connectivity index (χ4n) is 2.56. The Labute approximate surface area is 107 Å². The Morgan fingerprint density at radius 2 is 2.17 bits per heavy atom. The van der Waals surface area contributed by atoms with Crippen LogP contribution in [0.25, 0.3) is 0 Å². The molecule has 3 nitrogen and oxygen atoms in total. The van der Waals surface area contributed by atoms with Crippen molar-refractivity contribution >= 4 is 12.3 Å². The van der Waals surface area contributed by atoms with Crippen LogP contribution in [-0.2, 0) is 22.4 Å².